The second-order valence-electron chi connectivity index (χ2n) is 8.00. The predicted molar refractivity (Wildman–Crippen MR) is 92.7 cm³/mol. The van der Waals surface area contributed by atoms with E-state index < -0.39 is 11.7 Å². The molecule has 4 rings (SSSR count). The van der Waals surface area contributed by atoms with Gasteiger partial charge in [0.1, 0.15) is 0 Å². The molecule has 1 saturated heterocycles. The first kappa shape index (κ1) is 18.3. The van der Waals surface area contributed by atoms with Gasteiger partial charge in [-0.2, -0.15) is 13.2 Å². The zero-order valence-corrected chi connectivity index (χ0v) is 15.1. The number of halogens is 3. The van der Waals surface area contributed by atoms with Crippen molar-refractivity contribution in [2.45, 2.75) is 44.3 Å². The van der Waals surface area contributed by atoms with Crippen LogP contribution in [-0.2, 0) is 15.8 Å². The Morgan fingerprint density at radius 2 is 1.70 bits per heavy atom. The average Bonchev–Trinajstić information content (AvgIpc) is 3.09. The van der Waals surface area contributed by atoms with Crippen molar-refractivity contribution in [3.63, 3.8) is 0 Å². The number of benzene rings is 1. The molecule has 1 N–H and O–H groups in total. The van der Waals surface area contributed by atoms with Crippen LogP contribution >= 0.6 is 0 Å². The van der Waals surface area contributed by atoms with Gasteiger partial charge in [-0.3, -0.25) is 9.59 Å². The van der Waals surface area contributed by atoms with Gasteiger partial charge in [-0.25, -0.2) is 0 Å². The molecule has 3 fully saturated rings. The molecule has 2 saturated carbocycles. The van der Waals surface area contributed by atoms with E-state index in [1.807, 2.05) is 4.90 Å². The summed E-state index contributed by atoms with van der Waals surface area (Å²) in [5, 5.41) is 2.91. The minimum Gasteiger partial charge on any atom is -0.353 e. The molecule has 146 valence electrons. The van der Waals surface area contributed by atoms with Gasteiger partial charge in [0.05, 0.1) is 5.56 Å². The molecular weight excluding hydrogens is 357 g/mol. The van der Waals surface area contributed by atoms with Crippen molar-refractivity contribution in [2.24, 2.45) is 17.8 Å². The molecule has 1 aromatic carbocycles. The van der Waals surface area contributed by atoms with E-state index >= 15 is 0 Å². The Morgan fingerprint density at radius 3 is 2.22 bits per heavy atom. The highest BCUT2D eigenvalue weighted by Gasteiger charge is 2.57. The van der Waals surface area contributed by atoms with Gasteiger partial charge in [0.25, 0.3) is 0 Å². The van der Waals surface area contributed by atoms with Crippen LogP contribution in [0.1, 0.15) is 43.2 Å². The van der Waals surface area contributed by atoms with E-state index in [0.717, 1.165) is 17.7 Å². The lowest BCUT2D eigenvalue weighted by atomic mass is 9.79. The van der Waals surface area contributed by atoms with Crippen molar-refractivity contribution in [1.29, 1.82) is 0 Å². The van der Waals surface area contributed by atoms with Crippen molar-refractivity contribution in [3.8, 4) is 0 Å². The van der Waals surface area contributed by atoms with E-state index in [4.69, 9.17) is 0 Å². The lowest BCUT2D eigenvalue weighted by Gasteiger charge is -2.37. The maximum absolute atomic E-state index is 12.7. The summed E-state index contributed by atoms with van der Waals surface area (Å²) in [5.41, 5.74) is 0.319. The molecule has 27 heavy (non-hydrogen) atoms. The standard InChI is InChI=1S/C20H23F3N2O2/c1-2-17(26)24-14-7-12(8-14)19(27)25-9-15-16(10-25)18(15)11-3-5-13(6-4-11)20(21,22)23/h3-6,12,14-16,18H,2,7-10H2,1H3,(H,24,26)/t12?,14?,15-,16+,18?. The number of likely N-dealkylation sites (tertiary alicyclic amines) is 1. The maximum atomic E-state index is 12.7. The number of carbonyl (C=O) groups excluding carboxylic acids is 2. The molecule has 2 amide bonds. The van der Waals surface area contributed by atoms with Gasteiger partial charge in [0.2, 0.25) is 11.8 Å². The second kappa shape index (κ2) is 6.53. The van der Waals surface area contributed by atoms with E-state index in [0.29, 0.717) is 44.2 Å². The summed E-state index contributed by atoms with van der Waals surface area (Å²) in [4.78, 5) is 25.9. The Balaban J connectivity index is 1.27. The Bertz CT molecular complexity index is 729. The summed E-state index contributed by atoms with van der Waals surface area (Å²) in [6.45, 7) is 3.19. The first-order valence-corrected chi connectivity index (χ1v) is 9.53. The summed E-state index contributed by atoms with van der Waals surface area (Å²) in [6.07, 6.45) is -2.44. The van der Waals surface area contributed by atoms with Gasteiger partial charge in [0.15, 0.2) is 0 Å². The van der Waals surface area contributed by atoms with Crippen LogP contribution < -0.4 is 5.32 Å². The highest BCUT2D eigenvalue weighted by molar-refractivity contribution is 5.81. The molecule has 3 atom stereocenters. The number of carbonyl (C=O) groups is 2. The number of piperidine rings is 1. The topological polar surface area (TPSA) is 49.4 Å². The molecule has 0 bridgehead atoms. The van der Waals surface area contributed by atoms with E-state index in [2.05, 4.69) is 5.32 Å². The van der Waals surface area contributed by atoms with Gasteiger partial charge in [0, 0.05) is 31.5 Å². The predicted octanol–water partition coefficient (Wildman–Crippen LogP) is 3.18. The Morgan fingerprint density at radius 1 is 1.11 bits per heavy atom. The third kappa shape index (κ3) is 3.44. The molecular formula is C20H23F3N2O2. The van der Waals surface area contributed by atoms with Crippen LogP contribution in [0.15, 0.2) is 24.3 Å². The van der Waals surface area contributed by atoms with Crippen molar-refractivity contribution in [3.05, 3.63) is 35.4 Å². The highest BCUT2D eigenvalue weighted by Crippen LogP contribution is 2.58. The number of nitrogens with one attached hydrogen (secondary N) is 1. The lowest BCUT2D eigenvalue weighted by molar-refractivity contribution is -0.139. The maximum Gasteiger partial charge on any atom is 0.416 e. The molecule has 4 nitrogen and oxygen atoms in total. The fourth-order valence-corrected chi connectivity index (χ4v) is 4.62. The fraction of sp³-hybridized carbons (Fsp3) is 0.600. The average molecular weight is 380 g/mol. The Labute approximate surface area is 156 Å². The van der Waals surface area contributed by atoms with Crippen LogP contribution in [0.3, 0.4) is 0 Å². The van der Waals surface area contributed by atoms with Crippen LogP contribution in [-0.4, -0.2) is 35.8 Å². The first-order valence-electron chi connectivity index (χ1n) is 9.53. The van der Waals surface area contributed by atoms with Crippen LogP contribution in [0.4, 0.5) is 13.2 Å². The molecule has 1 aromatic rings. The monoisotopic (exact) mass is 380 g/mol. The number of nitrogens with zero attached hydrogens (tertiary/aromatic N) is 1. The molecule has 3 aliphatic rings. The number of hydrogen-bond acceptors (Lipinski definition) is 2. The molecule has 1 heterocycles. The third-order valence-electron chi connectivity index (χ3n) is 6.30. The SMILES string of the molecule is CCC(=O)NC1CC(C(=O)N2C[C@@H]3C(c4ccc(C(F)(F)F)cc4)[C@@H]3C2)C1. The van der Waals surface area contributed by atoms with Crippen LogP contribution in [0.5, 0.6) is 0 Å². The van der Waals surface area contributed by atoms with E-state index in [9.17, 15) is 22.8 Å². The molecule has 0 radical (unpaired) electrons. The van der Waals surface area contributed by atoms with E-state index in [1.165, 1.54) is 0 Å². The summed E-state index contributed by atoms with van der Waals surface area (Å²) < 4.78 is 38.0. The number of fused-ring (bicyclic) bond motifs is 1. The molecule has 1 aliphatic heterocycles. The molecule has 2 aliphatic carbocycles. The number of amides is 2. The van der Waals surface area contributed by atoms with Crippen LogP contribution in [0, 0.1) is 17.8 Å². The number of alkyl halides is 3. The van der Waals surface area contributed by atoms with E-state index in [-0.39, 0.29) is 29.7 Å². The molecule has 1 unspecified atom stereocenters. The first-order chi connectivity index (χ1) is 12.8. The minimum absolute atomic E-state index is 0.00539. The van der Waals surface area contributed by atoms with E-state index in [1.54, 1.807) is 19.1 Å². The Hall–Kier alpha value is -2.05. The van der Waals surface area contributed by atoms with Crippen molar-refractivity contribution >= 4 is 11.8 Å². The minimum atomic E-state index is -4.31. The van der Waals surface area contributed by atoms with Gasteiger partial charge in [-0.05, 0) is 48.3 Å². The van der Waals surface area contributed by atoms with Gasteiger partial charge >= 0.3 is 6.18 Å². The summed E-state index contributed by atoms with van der Waals surface area (Å²) >= 11 is 0. The van der Waals surface area contributed by atoms with Crippen molar-refractivity contribution < 1.29 is 22.8 Å². The van der Waals surface area contributed by atoms with Crippen molar-refractivity contribution in [2.75, 3.05) is 13.1 Å². The van der Waals surface area contributed by atoms with Crippen LogP contribution in [0.25, 0.3) is 0 Å². The normalized spacial score (nSPS) is 31.9. The molecule has 0 aromatic heterocycles. The fourth-order valence-electron chi connectivity index (χ4n) is 4.62. The quantitative estimate of drug-likeness (QED) is 0.872. The zero-order chi connectivity index (χ0) is 19.3. The van der Waals surface area contributed by atoms with Crippen LogP contribution in [0.2, 0.25) is 0 Å². The number of rotatable bonds is 4. The molecule has 0 spiro atoms. The summed E-state index contributed by atoms with van der Waals surface area (Å²) in [7, 11) is 0. The molecule has 7 heteroatoms. The van der Waals surface area contributed by atoms with Gasteiger partial charge in [-0.1, -0.05) is 19.1 Å². The zero-order valence-electron chi connectivity index (χ0n) is 15.1. The Kier molecular flexibility index (Phi) is 4.43. The van der Waals surface area contributed by atoms with Crippen molar-refractivity contribution in [1.82, 2.24) is 10.2 Å². The highest BCUT2D eigenvalue weighted by atomic mass is 19.4. The smallest absolute Gasteiger partial charge is 0.353 e. The third-order valence-corrected chi connectivity index (χ3v) is 6.30. The van der Waals surface area contributed by atoms with Gasteiger partial charge in [-0.15, -0.1) is 0 Å². The largest absolute Gasteiger partial charge is 0.416 e. The number of hydrogen-bond donors (Lipinski definition) is 1. The lowest BCUT2D eigenvalue weighted by Crippen LogP contribution is -2.50. The van der Waals surface area contributed by atoms with Gasteiger partial charge < -0.3 is 10.2 Å². The second-order valence-corrected chi connectivity index (χ2v) is 8.00. The summed E-state index contributed by atoms with van der Waals surface area (Å²) in [5.74, 6) is 1.18. The summed E-state index contributed by atoms with van der Waals surface area (Å²) in [6, 6.07) is 5.55.